The fourth-order valence-electron chi connectivity index (χ4n) is 5.21. The van der Waals surface area contributed by atoms with E-state index in [0.717, 1.165) is 24.4 Å². The lowest BCUT2D eigenvalue weighted by Gasteiger charge is -2.25. The molecule has 2 saturated heterocycles. The van der Waals surface area contributed by atoms with Gasteiger partial charge in [-0.2, -0.15) is 0 Å². The van der Waals surface area contributed by atoms with Crippen molar-refractivity contribution >= 4 is 28.7 Å². The average Bonchev–Trinajstić information content (AvgIpc) is 3.53. The summed E-state index contributed by atoms with van der Waals surface area (Å²) in [5.74, 6) is -4.54. The minimum atomic E-state index is -1.06. The van der Waals surface area contributed by atoms with Gasteiger partial charge in [-0.05, 0) is 52.0 Å². The van der Waals surface area contributed by atoms with E-state index >= 15 is 4.39 Å². The molecule has 13 heteroatoms. The molecular formula is C30H32F3N3O7. The van der Waals surface area contributed by atoms with E-state index in [1.54, 1.807) is 32.6 Å². The number of rotatable bonds is 6. The van der Waals surface area contributed by atoms with Crippen LogP contribution in [0.4, 0.5) is 23.7 Å². The Bertz CT molecular complexity index is 1640. The van der Waals surface area contributed by atoms with Crippen LogP contribution in [0.5, 0.6) is 0 Å². The van der Waals surface area contributed by atoms with Gasteiger partial charge in [0.25, 0.3) is 0 Å². The van der Waals surface area contributed by atoms with E-state index in [-0.39, 0.29) is 48.6 Å². The third-order valence-electron chi connectivity index (χ3n) is 7.06. The van der Waals surface area contributed by atoms with E-state index in [0.29, 0.717) is 19.0 Å². The smallest absolute Gasteiger partial charge is 0.407 e. The Kier molecular flexibility index (Phi) is 8.14. The molecule has 1 N–H and O–H groups in total. The first-order valence-electron chi connectivity index (χ1n) is 13.8. The van der Waals surface area contributed by atoms with Crippen LogP contribution in [0, 0.1) is 17.5 Å². The number of pyridine rings is 1. The van der Waals surface area contributed by atoms with E-state index in [1.807, 2.05) is 0 Å². The van der Waals surface area contributed by atoms with Crippen molar-refractivity contribution in [3.8, 4) is 5.69 Å². The third-order valence-corrected chi connectivity index (χ3v) is 7.06. The molecule has 2 aromatic carbocycles. The first kappa shape index (κ1) is 30.4. The Labute approximate surface area is 245 Å². The van der Waals surface area contributed by atoms with E-state index in [1.165, 1.54) is 10.6 Å². The number of halogens is 3. The van der Waals surface area contributed by atoms with Crippen LogP contribution in [0.3, 0.4) is 0 Å². The molecule has 0 saturated carbocycles. The van der Waals surface area contributed by atoms with Gasteiger partial charge in [0.1, 0.15) is 34.7 Å². The van der Waals surface area contributed by atoms with Crippen molar-refractivity contribution in [2.45, 2.75) is 51.6 Å². The molecule has 10 nitrogen and oxygen atoms in total. The summed E-state index contributed by atoms with van der Waals surface area (Å²) >= 11 is 0. The van der Waals surface area contributed by atoms with E-state index in [9.17, 15) is 23.2 Å². The second kappa shape index (κ2) is 11.5. The van der Waals surface area contributed by atoms with Gasteiger partial charge in [-0.25, -0.2) is 22.8 Å². The van der Waals surface area contributed by atoms with Gasteiger partial charge in [0.2, 0.25) is 5.43 Å². The molecule has 43 heavy (non-hydrogen) atoms. The number of hydrogen-bond acceptors (Lipinski definition) is 8. The van der Waals surface area contributed by atoms with Gasteiger partial charge in [-0.15, -0.1) is 0 Å². The van der Waals surface area contributed by atoms with Gasteiger partial charge in [-0.3, -0.25) is 4.79 Å². The van der Waals surface area contributed by atoms with Gasteiger partial charge in [0.15, 0.2) is 5.79 Å². The van der Waals surface area contributed by atoms with Gasteiger partial charge >= 0.3 is 12.1 Å². The number of carbonyl (C=O) groups is 2. The summed E-state index contributed by atoms with van der Waals surface area (Å²) < 4.78 is 67.8. The quantitative estimate of drug-likeness (QED) is 0.413. The van der Waals surface area contributed by atoms with Gasteiger partial charge in [0.05, 0.1) is 36.6 Å². The van der Waals surface area contributed by atoms with Gasteiger partial charge in [0, 0.05) is 37.2 Å². The number of hydrogen-bond donors (Lipinski definition) is 1. The standard InChI is InChI=1S/C30H32F3N3O7/c1-5-40-27(38)20-14-36(23-7-6-17(31)10-21(23)32)24-12-25(22(33)11-19(24)26(20)37)35-9-8-30(16-35)41-15-18(42-30)13-34-28(39)43-29(2,3)4/h6-7,10-12,14,18H,5,8-9,13,15-16H2,1-4H3,(H,34,39). The summed E-state index contributed by atoms with van der Waals surface area (Å²) in [5.41, 5.74) is -1.85. The maximum absolute atomic E-state index is 15.6. The first-order valence-corrected chi connectivity index (χ1v) is 13.8. The molecular weight excluding hydrogens is 571 g/mol. The Morgan fingerprint density at radius 2 is 1.86 bits per heavy atom. The molecule has 1 spiro atoms. The summed E-state index contributed by atoms with van der Waals surface area (Å²) in [4.78, 5) is 39.5. The van der Waals surface area contributed by atoms with Crippen molar-refractivity contribution in [2.75, 3.05) is 37.7 Å². The highest BCUT2D eigenvalue weighted by Gasteiger charge is 2.47. The number of esters is 1. The first-order chi connectivity index (χ1) is 20.3. The van der Waals surface area contributed by atoms with Crippen molar-refractivity contribution in [1.82, 2.24) is 9.88 Å². The van der Waals surface area contributed by atoms with E-state index in [4.69, 9.17) is 18.9 Å². The summed E-state index contributed by atoms with van der Waals surface area (Å²) in [6.07, 6.45) is 0.451. The number of nitrogens with one attached hydrogen (secondary N) is 1. The zero-order chi connectivity index (χ0) is 31.1. The molecule has 230 valence electrons. The van der Waals surface area contributed by atoms with Crippen LogP contribution in [0.25, 0.3) is 16.6 Å². The number of amides is 1. The van der Waals surface area contributed by atoms with Crippen molar-refractivity contribution in [3.05, 3.63) is 69.8 Å². The van der Waals surface area contributed by atoms with Crippen molar-refractivity contribution < 1.29 is 41.7 Å². The molecule has 0 aliphatic carbocycles. The Balaban J connectivity index is 1.45. The fraction of sp³-hybridized carbons (Fsp3) is 0.433. The van der Waals surface area contributed by atoms with E-state index in [2.05, 4.69) is 5.32 Å². The molecule has 2 aliphatic heterocycles. The molecule has 1 amide bonds. The molecule has 2 unspecified atom stereocenters. The number of anilines is 1. The number of ether oxygens (including phenoxy) is 4. The lowest BCUT2D eigenvalue weighted by Crippen LogP contribution is -2.39. The zero-order valence-electron chi connectivity index (χ0n) is 24.2. The van der Waals surface area contributed by atoms with Crippen LogP contribution in [0.2, 0.25) is 0 Å². The molecule has 0 bridgehead atoms. The SMILES string of the molecule is CCOC(=O)c1cn(-c2ccc(F)cc2F)c2cc(N3CCC4(C3)OCC(CNC(=O)OC(C)(C)C)O4)c(F)cc2c1=O. The Hall–Kier alpha value is -4.10. The van der Waals surface area contributed by atoms with Crippen LogP contribution < -0.4 is 15.6 Å². The van der Waals surface area contributed by atoms with Crippen LogP contribution in [0.1, 0.15) is 44.5 Å². The second-order valence-corrected chi connectivity index (χ2v) is 11.4. The molecule has 3 heterocycles. The summed E-state index contributed by atoms with van der Waals surface area (Å²) in [5, 5.41) is 2.47. The number of fused-ring (bicyclic) bond motifs is 1. The molecule has 2 fully saturated rings. The lowest BCUT2D eigenvalue weighted by molar-refractivity contribution is -0.149. The number of aromatic nitrogens is 1. The highest BCUT2D eigenvalue weighted by Crippen LogP contribution is 2.37. The lowest BCUT2D eigenvalue weighted by atomic mass is 10.1. The normalized spacial score (nSPS) is 20.2. The van der Waals surface area contributed by atoms with Crippen LogP contribution in [0.15, 0.2) is 41.3 Å². The van der Waals surface area contributed by atoms with Crippen molar-refractivity contribution in [1.29, 1.82) is 0 Å². The number of benzene rings is 2. The highest BCUT2D eigenvalue weighted by atomic mass is 19.1. The molecule has 1 aromatic heterocycles. The van der Waals surface area contributed by atoms with Crippen molar-refractivity contribution in [3.63, 3.8) is 0 Å². The minimum absolute atomic E-state index is 0.0205. The molecule has 2 atom stereocenters. The second-order valence-electron chi connectivity index (χ2n) is 11.4. The Morgan fingerprint density at radius 3 is 2.56 bits per heavy atom. The summed E-state index contributed by atoms with van der Waals surface area (Å²) in [6.45, 7) is 7.61. The zero-order valence-corrected chi connectivity index (χ0v) is 24.2. The maximum Gasteiger partial charge on any atom is 0.407 e. The summed E-state index contributed by atoms with van der Waals surface area (Å²) in [6, 6.07) is 5.22. The number of nitrogens with zero attached hydrogens (tertiary/aromatic N) is 2. The van der Waals surface area contributed by atoms with Gasteiger partial charge in [-0.1, -0.05) is 0 Å². The molecule has 5 rings (SSSR count). The predicted molar refractivity (Wildman–Crippen MR) is 150 cm³/mol. The maximum atomic E-state index is 15.6. The van der Waals surface area contributed by atoms with Crippen LogP contribution in [-0.4, -0.2) is 67.0 Å². The molecule has 2 aliphatic rings. The minimum Gasteiger partial charge on any atom is -0.462 e. The van der Waals surface area contributed by atoms with Crippen LogP contribution in [-0.2, 0) is 18.9 Å². The highest BCUT2D eigenvalue weighted by molar-refractivity contribution is 5.95. The molecule has 3 aromatic rings. The fourth-order valence-corrected chi connectivity index (χ4v) is 5.21. The largest absolute Gasteiger partial charge is 0.462 e. The topological polar surface area (TPSA) is 108 Å². The molecule has 0 radical (unpaired) electrons. The Morgan fingerprint density at radius 1 is 1.12 bits per heavy atom. The van der Waals surface area contributed by atoms with E-state index < -0.39 is 58.0 Å². The van der Waals surface area contributed by atoms with Crippen LogP contribution >= 0.6 is 0 Å². The number of alkyl carbamates (subject to hydrolysis) is 1. The van der Waals surface area contributed by atoms with Crippen molar-refractivity contribution in [2.24, 2.45) is 0 Å². The number of carbonyl (C=O) groups excluding carboxylic acids is 2. The average molecular weight is 604 g/mol. The monoisotopic (exact) mass is 603 g/mol. The summed E-state index contributed by atoms with van der Waals surface area (Å²) in [7, 11) is 0. The van der Waals surface area contributed by atoms with Gasteiger partial charge < -0.3 is 33.7 Å². The third kappa shape index (κ3) is 6.32. The predicted octanol–water partition coefficient (Wildman–Crippen LogP) is 4.43.